The molecule has 7 heteroatoms. The fourth-order valence-corrected chi connectivity index (χ4v) is 4.67. The SMILES string of the molecule is CC(C)C(Nc1nc2ccccc2o1)C(=O)N1CCC(O)(c2ccc(Cl)cc2)C(C)(C)C1. The van der Waals surface area contributed by atoms with Crippen molar-refractivity contribution < 1.29 is 14.3 Å². The van der Waals surface area contributed by atoms with Crippen molar-refractivity contribution in [2.24, 2.45) is 11.3 Å². The normalized spacial score (nSPS) is 21.7. The van der Waals surface area contributed by atoms with Crippen LogP contribution in [0.2, 0.25) is 5.02 Å². The number of nitrogens with one attached hydrogen (secondary N) is 1. The Bertz CT molecular complexity index is 1080. The second kappa shape index (κ2) is 8.41. The lowest BCUT2D eigenvalue weighted by Crippen LogP contribution is -2.59. The Kier molecular flexibility index (Phi) is 5.94. The maximum absolute atomic E-state index is 13.5. The molecular weight excluding hydrogens is 426 g/mol. The fraction of sp³-hybridized carbons (Fsp3) is 0.440. The van der Waals surface area contributed by atoms with E-state index in [2.05, 4.69) is 10.3 Å². The molecule has 4 rings (SSSR count). The number of aliphatic hydroxyl groups is 1. The molecule has 2 N–H and O–H groups in total. The predicted octanol–water partition coefficient (Wildman–Crippen LogP) is 5.06. The molecule has 1 amide bonds. The number of aromatic nitrogens is 1. The summed E-state index contributed by atoms with van der Waals surface area (Å²) < 4.78 is 5.78. The van der Waals surface area contributed by atoms with Gasteiger partial charge in [0.15, 0.2) is 5.58 Å². The fourth-order valence-electron chi connectivity index (χ4n) is 4.55. The predicted molar refractivity (Wildman–Crippen MR) is 127 cm³/mol. The van der Waals surface area contributed by atoms with E-state index in [1.807, 2.05) is 69.0 Å². The van der Waals surface area contributed by atoms with Gasteiger partial charge in [-0.3, -0.25) is 4.79 Å². The van der Waals surface area contributed by atoms with Crippen LogP contribution in [0.4, 0.5) is 6.01 Å². The summed E-state index contributed by atoms with van der Waals surface area (Å²) in [4.78, 5) is 19.8. The quantitative estimate of drug-likeness (QED) is 0.562. The Labute approximate surface area is 193 Å². The van der Waals surface area contributed by atoms with Gasteiger partial charge in [-0.15, -0.1) is 0 Å². The number of piperidine rings is 1. The maximum atomic E-state index is 13.5. The van der Waals surface area contributed by atoms with E-state index >= 15 is 0 Å². The van der Waals surface area contributed by atoms with E-state index in [-0.39, 0.29) is 11.8 Å². The molecule has 1 aliphatic heterocycles. The molecule has 2 atom stereocenters. The van der Waals surface area contributed by atoms with Crippen molar-refractivity contribution in [1.82, 2.24) is 9.88 Å². The molecule has 6 nitrogen and oxygen atoms in total. The van der Waals surface area contributed by atoms with Gasteiger partial charge in [-0.05, 0) is 42.2 Å². The summed E-state index contributed by atoms with van der Waals surface area (Å²) in [6.07, 6.45) is 0.446. The molecule has 0 bridgehead atoms. The molecular formula is C25H30ClN3O3. The maximum Gasteiger partial charge on any atom is 0.296 e. The lowest BCUT2D eigenvalue weighted by Gasteiger charge is -2.51. The molecule has 1 saturated heterocycles. The number of hydrogen-bond acceptors (Lipinski definition) is 5. The smallest absolute Gasteiger partial charge is 0.296 e. The molecule has 2 aromatic carbocycles. The van der Waals surface area contributed by atoms with Gasteiger partial charge in [-0.25, -0.2) is 0 Å². The Balaban J connectivity index is 1.53. The number of anilines is 1. The molecule has 1 fully saturated rings. The van der Waals surface area contributed by atoms with Gasteiger partial charge >= 0.3 is 0 Å². The van der Waals surface area contributed by atoms with E-state index in [0.29, 0.717) is 36.1 Å². The first-order valence-corrected chi connectivity index (χ1v) is 11.4. The molecule has 0 radical (unpaired) electrons. The highest BCUT2D eigenvalue weighted by Gasteiger charge is 2.50. The second-order valence-electron chi connectivity index (χ2n) is 9.61. The Morgan fingerprint density at radius 2 is 1.88 bits per heavy atom. The van der Waals surface area contributed by atoms with Gasteiger partial charge in [0.05, 0.1) is 5.60 Å². The zero-order valence-electron chi connectivity index (χ0n) is 18.9. The highest BCUT2D eigenvalue weighted by molar-refractivity contribution is 6.30. The second-order valence-corrected chi connectivity index (χ2v) is 10.1. The number of hydrogen-bond donors (Lipinski definition) is 2. The Morgan fingerprint density at radius 3 is 2.50 bits per heavy atom. The van der Waals surface area contributed by atoms with E-state index < -0.39 is 17.1 Å². The monoisotopic (exact) mass is 455 g/mol. The molecule has 170 valence electrons. The third-order valence-electron chi connectivity index (χ3n) is 6.59. The van der Waals surface area contributed by atoms with E-state index in [1.165, 1.54) is 0 Å². The van der Waals surface area contributed by atoms with Gasteiger partial charge in [0, 0.05) is 23.5 Å². The highest BCUT2D eigenvalue weighted by Crippen LogP contribution is 2.46. The zero-order valence-corrected chi connectivity index (χ0v) is 19.7. The van der Waals surface area contributed by atoms with Crippen molar-refractivity contribution in [3.05, 3.63) is 59.1 Å². The standard InChI is InChI=1S/C25H30ClN3O3/c1-16(2)21(28-23-27-19-7-5-6-8-20(19)32-23)22(30)29-14-13-25(31,24(3,4)15-29)17-9-11-18(26)12-10-17/h5-12,16,21,31H,13-15H2,1-4H3,(H,27,28). The van der Waals surface area contributed by atoms with Crippen LogP contribution in [-0.4, -0.2) is 40.0 Å². The van der Waals surface area contributed by atoms with Crippen LogP contribution in [-0.2, 0) is 10.4 Å². The highest BCUT2D eigenvalue weighted by atomic mass is 35.5. The number of carbonyl (C=O) groups excluding carboxylic acids is 1. The number of halogens is 1. The summed E-state index contributed by atoms with van der Waals surface area (Å²) in [6, 6.07) is 14.7. The van der Waals surface area contributed by atoms with Crippen LogP contribution >= 0.6 is 11.6 Å². The molecule has 32 heavy (non-hydrogen) atoms. The number of nitrogens with zero attached hydrogens (tertiary/aromatic N) is 2. The summed E-state index contributed by atoms with van der Waals surface area (Å²) in [6.45, 7) is 8.89. The van der Waals surface area contributed by atoms with Crippen LogP contribution in [0.15, 0.2) is 52.9 Å². The zero-order chi connectivity index (χ0) is 23.1. The summed E-state index contributed by atoms with van der Waals surface area (Å²) >= 11 is 6.03. The van der Waals surface area contributed by atoms with Gasteiger partial charge in [-0.2, -0.15) is 4.98 Å². The first-order chi connectivity index (χ1) is 15.1. The number of oxazole rings is 1. The Morgan fingerprint density at radius 1 is 1.19 bits per heavy atom. The van der Waals surface area contributed by atoms with Crippen molar-refractivity contribution in [3.8, 4) is 0 Å². The molecule has 1 aliphatic rings. The minimum Gasteiger partial charge on any atom is -0.424 e. The molecule has 1 aromatic heterocycles. The van der Waals surface area contributed by atoms with E-state index in [4.69, 9.17) is 16.0 Å². The minimum absolute atomic E-state index is 0.0199. The van der Waals surface area contributed by atoms with E-state index in [9.17, 15) is 9.90 Å². The van der Waals surface area contributed by atoms with Crippen LogP contribution in [0.1, 0.15) is 39.7 Å². The summed E-state index contributed by atoms with van der Waals surface area (Å²) in [5, 5.41) is 15.4. The van der Waals surface area contributed by atoms with Crippen molar-refractivity contribution in [2.45, 2.75) is 45.8 Å². The van der Waals surface area contributed by atoms with Gasteiger partial charge < -0.3 is 19.7 Å². The van der Waals surface area contributed by atoms with Crippen molar-refractivity contribution >= 4 is 34.6 Å². The summed E-state index contributed by atoms with van der Waals surface area (Å²) in [7, 11) is 0. The minimum atomic E-state index is -1.05. The molecule has 0 spiro atoms. The lowest BCUT2D eigenvalue weighted by atomic mass is 9.66. The number of para-hydroxylation sites is 2. The summed E-state index contributed by atoms with van der Waals surface area (Å²) in [5.41, 5.74) is 0.654. The van der Waals surface area contributed by atoms with E-state index in [1.54, 1.807) is 12.1 Å². The number of fused-ring (bicyclic) bond motifs is 1. The molecule has 3 aromatic rings. The third kappa shape index (κ3) is 4.09. The molecule has 0 aliphatic carbocycles. The lowest BCUT2D eigenvalue weighted by molar-refractivity contribution is -0.154. The van der Waals surface area contributed by atoms with Crippen LogP contribution in [0.5, 0.6) is 0 Å². The number of rotatable bonds is 5. The topological polar surface area (TPSA) is 78.6 Å². The van der Waals surface area contributed by atoms with Gasteiger partial charge in [-0.1, -0.05) is 63.6 Å². The molecule has 0 saturated carbocycles. The number of carbonyl (C=O) groups is 1. The van der Waals surface area contributed by atoms with Crippen LogP contribution in [0.3, 0.4) is 0 Å². The van der Waals surface area contributed by atoms with Gasteiger partial charge in [0.2, 0.25) is 5.91 Å². The third-order valence-corrected chi connectivity index (χ3v) is 6.84. The van der Waals surface area contributed by atoms with Crippen LogP contribution in [0.25, 0.3) is 11.1 Å². The van der Waals surface area contributed by atoms with Crippen LogP contribution < -0.4 is 5.32 Å². The van der Waals surface area contributed by atoms with E-state index in [0.717, 1.165) is 11.1 Å². The van der Waals surface area contributed by atoms with Gasteiger partial charge in [0.25, 0.3) is 6.01 Å². The van der Waals surface area contributed by atoms with Crippen molar-refractivity contribution in [2.75, 3.05) is 18.4 Å². The Hall–Kier alpha value is -2.57. The summed E-state index contributed by atoms with van der Waals surface area (Å²) in [5.74, 6) is 0.00573. The van der Waals surface area contributed by atoms with Crippen molar-refractivity contribution in [3.63, 3.8) is 0 Å². The first kappa shape index (κ1) is 22.6. The van der Waals surface area contributed by atoms with Crippen LogP contribution in [0, 0.1) is 11.3 Å². The number of amides is 1. The number of benzene rings is 2. The average molecular weight is 456 g/mol. The van der Waals surface area contributed by atoms with Crippen molar-refractivity contribution in [1.29, 1.82) is 0 Å². The number of likely N-dealkylation sites (tertiary alicyclic amines) is 1. The molecule has 2 heterocycles. The molecule has 2 unspecified atom stereocenters. The largest absolute Gasteiger partial charge is 0.424 e. The van der Waals surface area contributed by atoms with Gasteiger partial charge in [0.1, 0.15) is 11.6 Å². The first-order valence-electron chi connectivity index (χ1n) is 11.0. The average Bonchev–Trinajstić information content (AvgIpc) is 3.16.